The van der Waals surface area contributed by atoms with Crippen molar-refractivity contribution in [1.29, 1.82) is 0 Å². The summed E-state index contributed by atoms with van der Waals surface area (Å²) in [6, 6.07) is 26.6. The second-order valence-electron chi connectivity index (χ2n) is 10.1. The fourth-order valence-electron chi connectivity index (χ4n) is 4.66. The van der Waals surface area contributed by atoms with Crippen molar-refractivity contribution in [3.63, 3.8) is 0 Å². The molecule has 1 saturated heterocycles. The molecule has 0 spiro atoms. The van der Waals surface area contributed by atoms with Gasteiger partial charge in [-0.25, -0.2) is 0 Å². The molecule has 0 bridgehead atoms. The van der Waals surface area contributed by atoms with Crippen LogP contribution in [0.5, 0.6) is 0 Å². The molecule has 4 atom stereocenters. The molecular formula is C33H28Cl6O3S2. The third-order valence-corrected chi connectivity index (χ3v) is 11.9. The predicted molar refractivity (Wildman–Crippen MR) is 189 cm³/mol. The third kappa shape index (κ3) is 9.62. The molecule has 1 unspecified atom stereocenters. The molecule has 5 rings (SSSR count). The quantitative estimate of drug-likeness (QED) is 0.136. The molecule has 3 nitrogen and oxygen atoms in total. The Hall–Kier alpha value is -0.800. The van der Waals surface area contributed by atoms with E-state index in [1.54, 1.807) is 42.1 Å². The standard InChI is InChI=1S/C33H28Cl6O3S2/c34-24-9-6-21(27(37)12-24)15-40-18-30-31(41-16-22-7-10-25(35)13-28(22)38)32(42-17-23-8-11-26(36)14-29(23)39)33(44-30)43-19-20-4-2-1-3-5-20/h1-14,30-33H,15-19H2/t30-,31-,32+,33?/m1/s1. The van der Waals surface area contributed by atoms with Crippen molar-refractivity contribution in [2.45, 2.75) is 47.6 Å². The van der Waals surface area contributed by atoms with Gasteiger partial charge in [0.1, 0.15) is 12.2 Å². The summed E-state index contributed by atoms with van der Waals surface area (Å²) in [5.41, 5.74) is 3.79. The second kappa shape index (κ2) is 16.9. The van der Waals surface area contributed by atoms with Crippen LogP contribution in [0, 0.1) is 0 Å². The number of hydrogen-bond donors (Lipinski definition) is 0. The molecule has 4 aromatic rings. The fourth-order valence-corrected chi connectivity index (χ4v) is 9.27. The van der Waals surface area contributed by atoms with E-state index in [1.165, 1.54) is 5.56 Å². The van der Waals surface area contributed by atoms with E-state index in [1.807, 2.05) is 42.1 Å². The van der Waals surface area contributed by atoms with Crippen molar-refractivity contribution in [1.82, 2.24) is 0 Å². The zero-order valence-electron chi connectivity index (χ0n) is 23.2. The molecule has 0 N–H and O–H groups in total. The van der Waals surface area contributed by atoms with E-state index in [4.69, 9.17) is 83.8 Å². The maximum Gasteiger partial charge on any atom is 0.106 e. The summed E-state index contributed by atoms with van der Waals surface area (Å²) in [7, 11) is 0. The average Bonchev–Trinajstić information content (AvgIpc) is 3.32. The Morgan fingerprint density at radius 1 is 0.591 bits per heavy atom. The summed E-state index contributed by atoms with van der Waals surface area (Å²) in [5, 5.41) is 3.37. The highest BCUT2D eigenvalue weighted by atomic mass is 35.5. The predicted octanol–water partition coefficient (Wildman–Crippen LogP) is 11.7. The van der Waals surface area contributed by atoms with E-state index in [0.29, 0.717) is 56.6 Å². The molecular weight excluding hydrogens is 721 g/mol. The largest absolute Gasteiger partial charge is 0.375 e. The Bertz CT molecular complexity index is 1540. The van der Waals surface area contributed by atoms with Crippen molar-refractivity contribution < 1.29 is 14.2 Å². The third-order valence-electron chi connectivity index (χ3n) is 6.97. The molecule has 44 heavy (non-hydrogen) atoms. The van der Waals surface area contributed by atoms with Gasteiger partial charge in [-0.1, -0.05) is 118 Å². The first kappa shape index (κ1) is 34.5. The van der Waals surface area contributed by atoms with E-state index in [-0.39, 0.29) is 22.0 Å². The monoisotopic (exact) mass is 746 g/mol. The zero-order chi connectivity index (χ0) is 31.1. The molecule has 1 aliphatic rings. The first-order chi connectivity index (χ1) is 21.3. The van der Waals surface area contributed by atoms with Gasteiger partial charge in [0.2, 0.25) is 0 Å². The number of thioether (sulfide) groups is 2. The summed E-state index contributed by atoms with van der Waals surface area (Å²) < 4.78 is 19.6. The van der Waals surface area contributed by atoms with Crippen LogP contribution in [0.25, 0.3) is 0 Å². The highest BCUT2D eigenvalue weighted by Gasteiger charge is 2.46. The van der Waals surface area contributed by atoms with Gasteiger partial charge in [0.25, 0.3) is 0 Å². The lowest BCUT2D eigenvalue weighted by molar-refractivity contribution is -0.0793. The molecule has 1 aliphatic heterocycles. The van der Waals surface area contributed by atoms with Crippen molar-refractivity contribution >= 4 is 93.1 Å². The number of ether oxygens (including phenoxy) is 3. The van der Waals surface area contributed by atoms with E-state index in [0.717, 1.165) is 22.4 Å². The Morgan fingerprint density at radius 3 is 1.61 bits per heavy atom. The first-order valence-electron chi connectivity index (χ1n) is 13.7. The van der Waals surface area contributed by atoms with Crippen LogP contribution in [0.1, 0.15) is 22.3 Å². The van der Waals surface area contributed by atoms with Crippen molar-refractivity contribution in [2.24, 2.45) is 0 Å². The maximum absolute atomic E-state index is 6.65. The van der Waals surface area contributed by atoms with Gasteiger partial charge in [-0.3, -0.25) is 0 Å². The molecule has 4 aromatic carbocycles. The van der Waals surface area contributed by atoms with Gasteiger partial charge in [0.05, 0.1) is 36.3 Å². The number of hydrogen-bond acceptors (Lipinski definition) is 5. The average molecular weight is 749 g/mol. The van der Waals surface area contributed by atoms with Gasteiger partial charge in [-0.05, 0) is 58.7 Å². The Kier molecular flexibility index (Phi) is 13.2. The molecule has 0 radical (unpaired) electrons. The lowest BCUT2D eigenvalue weighted by Gasteiger charge is -2.27. The molecule has 0 amide bonds. The van der Waals surface area contributed by atoms with E-state index < -0.39 is 0 Å². The normalized spacial score (nSPS) is 19.9. The van der Waals surface area contributed by atoms with Crippen molar-refractivity contribution in [3.8, 4) is 0 Å². The van der Waals surface area contributed by atoms with Crippen molar-refractivity contribution in [3.05, 3.63) is 137 Å². The number of benzene rings is 4. The van der Waals surface area contributed by atoms with Crippen LogP contribution in [-0.2, 0) is 39.8 Å². The molecule has 1 heterocycles. The van der Waals surface area contributed by atoms with Crippen LogP contribution in [0.4, 0.5) is 0 Å². The topological polar surface area (TPSA) is 27.7 Å². The highest BCUT2D eigenvalue weighted by molar-refractivity contribution is 8.17. The minimum Gasteiger partial charge on any atom is -0.375 e. The molecule has 0 saturated carbocycles. The van der Waals surface area contributed by atoms with Crippen LogP contribution in [0.2, 0.25) is 30.1 Å². The molecule has 11 heteroatoms. The van der Waals surface area contributed by atoms with Crippen LogP contribution in [0.3, 0.4) is 0 Å². The van der Waals surface area contributed by atoms with E-state index >= 15 is 0 Å². The van der Waals surface area contributed by atoms with Crippen LogP contribution in [-0.4, -0.2) is 28.6 Å². The Morgan fingerprint density at radius 2 is 1.09 bits per heavy atom. The molecule has 0 aromatic heterocycles. The van der Waals surface area contributed by atoms with Gasteiger partial charge in [-0.15, -0.1) is 23.5 Å². The van der Waals surface area contributed by atoms with Crippen molar-refractivity contribution in [2.75, 3.05) is 6.61 Å². The van der Waals surface area contributed by atoms with Crippen LogP contribution < -0.4 is 0 Å². The first-order valence-corrected chi connectivity index (χ1v) is 18.0. The van der Waals surface area contributed by atoms with Crippen LogP contribution >= 0.6 is 93.1 Å². The lowest BCUT2D eigenvalue weighted by atomic mass is 10.1. The Balaban J connectivity index is 1.37. The van der Waals surface area contributed by atoms with Gasteiger partial charge in [0.15, 0.2) is 0 Å². The minimum atomic E-state index is -0.313. The number of rotatable bonds is 13. The fraction of sp³-hybridized carbons (Fsp3) is 0.273. The van der Waals surface area contributed by atoms with Crippen LogP contribution in [0.15, 0.2) is 84.9 Å². The summed E-state index contributed by atoms with van der Waals surface area (Å²) in [4.78, 5) is 0. The summed E-state index contributed by atoms with van der Waals surface area (Å²) in [6.45, 7) is 1.36. The highest BCUT2D eigenvalue weighted by Crippen LogP contribution is 2.46. The van der Waals surface area contributed by atoms with Gasteiger partial charge in [0, 0.05) is 35.9 Å². The van der Waals surface area contributed by atoms with E-state index in [2.05, 4.69) is 24.3 Å². The molecule has 232 valence electrons. The second-order valence-corrected chi connectivity index (χ2v) is 15.5. The SMILES string of the molecule is Clc1ccc(COC[C@H]2SC(SCc3ccccc3)[C@@H](OCc3ccc(Cl)cc3Cl)[C@@H]2OCc2ccc(Cl)cc2Cl)c(Cl)c1. The van der Waals surface area contributed by atoms with E-state index in [9.17, 15) is 0 Å². The van der Waals surface area contributed by atoms with Gasteiger partial charge < -0.3 is 14.2 Å². The molecule has 1 fully saturated rings. The minimum absolute atomic E-state index is 0.0360. The zero-order valence-corrected chi connectivity index (χ0v) is 29.4. The maximum atomic E-state index is 6.65. The van der Waals surface area contributed by atoms with Gasteiger partial charge in [-0.2, -0.15) is 0 Å². The summed E-state index contributed by atoms with van der Waals surface area (Å²) >= 11 is 41.4. The summed E-state index contributed by atoms with van der Waals surface area (Å²) in [5.74, 6) is 0.823. The summed E-state index contributed by atoms with van der Waals surface area (Å²) in [6.07, 6.45) is -0.592. The lowest BCUT2D eigenvalue weighted by Crippen LogP contribution is -2.38. The smallest absolute Gasteiger partial charge is 0.106 e. The Labute approximate surface area is 296 Å². The number of halogens is 6. The van der Waals surface area contributed by atoms with Gasteiger partial charge >= 0.3 is 0 Å². The molecule has 0 aliphatic carbocycles.